The third-order valence-corrected chi connectivity index (χ3v) is 2.82. The maximum absolute atomic E-state index is 11.3. The number of aliphatic hydroxyl groups is 1. The van der Waals surface area contributed by atoms with E-state index in [0.29, 0.717) is 18.1 Å². The Kier molecular flexibility index (Phi) is 5.13. The number of amides is 2. The summed E-state index contributed by atoms with van der Waals surface area (Å²) < 4.78 is 0. The molecule has 1 aromatic heterocycles. The molecule has 2 amide bonds. The number of carbonyl (C=O) groups is 1. The monoisotopic (exact) mass is 244 g/mol. The van der Waals surface area contributed by atoms with Crippen LogP contribution in [0.2, 0.25) is 0 Å². The van der Waals surface area contributed by atoms with Crippen LogP contribution in [0.25, 0.3) is 0 Å². The van der Waals surface area contributed by atoms with Crippen LogP contribution in [0.4, 0.5) is 9.93 Å². The summed E-state index contributed by atoms with van der Waals surface area (Å²) in [6.07, 6.45) is 0.931. The predicted octanol–water partition coefficient (Wildman–Crippen LogP) is 0.993. The van der Waals surface area contributed by atoms with E-state index in [1.165, 1.54) is 11.3 Å². The van der Waals surface area contributed by atoms with Crippen LogP contribution >= 0.6 is 11.3 Å². The van der Waals surface area contributed by atoms with Gasteiger partial charge in [0.05, 0.1) is 6.10 Å². The van der Waals surface area contributed by atoms with Gasteiger partial charge >= 0.3 is 6.03 Å². The van der Waals surface area contributed by atoms with Gasteiger partial charge in [0.15, 0.2) is 0 Å². The number of carbonyl (C=O) groups excluding carboxylic acids is 1. The molecule has 1 heterocycles. The van der Waals surface area contributed by atoms with E-state index in [9.17, 15) is 4.79 Å². The van der Waals surface area contributed by atoms with Crippen molar-refractivity contribution >= 4 is 22.5 Å². The molecule has 0 bridgehead atoms. The molecule has 16 heavy (non-hydrogen) atoms. The van der Waals surface area contributed by atoms with Gasteiger partial charge in [0.2, 0.25) is 5.13 Å². The van der Waals surface area contributed by atoms with Gasteiger partial charge < -0.3 is 10.4 Å². The van der Waals surface area contributed by atoms with E-state index in [1.807, 2.05) is 6.92 Å². The quantitative estimate of drug-likeness (QED) is 0.721. The van der Waals surface area contributed by atoms with Crippen molar-refractivity contribution in [2.45, 2.75) is 32.8 Å². The fourth-order valence-electron chi connectivity index (χ4n) is 0.983. The minimum absolute atomic E-state index is 0.320. The molecule has 6 nitrogen and oxygen atoms in total. The molecular weight excluding hydrogens is 228 g/mol. The Balaban J connectivity index is 2.28. The zero-order valence-electron chi connectivity index (χ0n) is 9.36. The number of hydrogen-bond donors (Lipinski definition) is 3. The first-order chi connectivity index (χ1) is 7.61. The summed E-state index contributed by atoms with van der Waals surface area (Å²) in [5.41, 5.74) is 0. The molecule has 1 rings (SSSR count). The lowest BCUT2D eigenvalue weighted by atomic mass is 10.3. The molecule has 0 radical (unpaired) electrons. The molecular formula is C9H16N4O2S. The number of urea groups is 1. The summed E-state index contributed by atoms with van der Waals surface area (Å²) in [7, 11) is 0. The van der Waals surface area contributed by atoms with Crippen molar-refractivity contribution in [3.8, 4) is 0 Å². The van der Waals surface area contributed by atoms with Crippen molar-refractivity contribution in [3.05, 3.63) is 5.01 Å². The Morgan fingerprint density at radius 3 is 2.88 bits per heavy atom. The standard InChI is InChI=1S/C9H16N4O2S/c1-3-7-12-13-9(16-7)11-8(15)10-5-4-6(2)14/h6,14H,3-5H2,1-2H3,(H2,10,11,13,15). The average Bonchev–Trinajstić information content (AvgIpc) is 2.65. The zero-order chi connectivity index (χ0) is 12.0. The van der Waals surface area contributed by atoms with Gasteiger partial charge in [0.1, 0.15) is 5.01 Å². The van der Waals surface area contributed by atoms with Crippen LogP contribution in [0, 0.1) is 0 Å². The predicted molar refractivity (Wildman–Crippen MR) is 62.6 cm³/mol. The van der Waals surface area contributed by atoms with Gasteiger partial charge in [-0.05, 0) is 19.8 Å². The highest BCUT2D eigenvalue weighted by atomic mass is 32.1. The van der Waals surface area contributed by atoms with Gasteiger partial charge in [0.25, 0.3) is 0 Å². The molecule has 3 N–H and O–H groups in total. The van der Waals surface area contributed by atoms with Crippen molar-refractivity contribution in [1.29, 1.82) is 0 Å². The first-order valence-electron chi connectivity index (χ1n) is 5.17. The molecule has 0 saturated carbocycles. The molecule has 0 fully saturated rings. The highest BCUT2D eigenvalue weighted by Crippen LogP contribution is 2.14. The largest absolute Gasteiger partial charge is 0.393 e. The fourth-order valence-corrected chi connectivity index (χ4v) is 1.66. The van der Waals surface area contributed by atoms with Gasteiger partial charge in [-0.2, -0.15) is 0 Å². The van der Waals surface area contributed by atoms with Crippen molar-refractivity contribution < 1.29 is 9.90 Å². The van der Waals surface area contributed by atoms with E-state index in [1.54, 1.807) is 6.92 Å². The lowest BCUT2D eigenvalue weighted by Gasteiger charge is -2.06. The molecule has 1 atom stereocenters. The number of nitrogens with zero attached hydrogens (tertiary/aromatic N) is 2. The Morgan fingerprint density at radius 2 is 2.31 bits per heavy atom. The summed E-state index contributed by atoms with van der Waals surface area (Å²) in [6.45, 7) is 4.09. The Labute approximate surface area is 98.1 Å². The van der Waals surface area contributed by atoms with Crippen LogP contribution in [-0.4, -0.2) is 34.0 Å². The summed E-state index contributed by atoms with van der Waals surface area (Å²) in [5.74, 6) is 0. The second-order valence-corrected chi connectivity index (χ2v) is 4.44. The molecule has 0 aliphatic rings. The molecule has 7 heteroatoms. The lowest BCUT2D eigenvalue weighted by molar-refractivity contribution is 0.184. The first-order valence-corrected chi connectivity index (χ1v) is 5.98. The molecule has 0 aromatic carbocycles. The van der Waals surface area contributed by atoms with Crippen LogP contribution in [0.3, 0.4) is 0 Å². The number of anilines is 1. The van der Waals surface area contributed by atoms with E-state index in [4.69, 9.17) is 5.11 Å². The minimum atomic E-state index is -0.409. The normalized spacial score (nSPS) is 12.2. The lowest BCUT2D eigenvalue weighted by Crippen LogP contribution is -2.30. The van der Waals surface area contributed by atoms with Crippen LogP contribution in [-0.2, 0) is 6.42 Å². The highest BCUT2D eigenvalue weighted by Gasteiger charge is 2.06. The van der Waals surface area contributed by atoms with Gasteiger partial charge in [-0.25, -0.2) is 4.79 Å². The molecule has 0 aliphatic heterocycles. The highest BCUT2D eigenvalue weighted by molar-refractivity contribution is 7.15. The number of aryl methyl sites for hydroxylation is 1. The van der Waals surface area contributed by atoms with E-state index < -0.39 is 6.10 Å². The maximum Gasteiger partial charge on any atom is 0.321 e. The zero-order valence-corrected chi connectivity index (χ0v) is 10.2. The molecule has 1 aromatic rings. The van der Waals surface area contributed by atoms with Crippen molar-refractivity contribution in [1.82, 2.24) is 15.5 Å². The number of rotatable bonds is 5. The van der Waals surface area contributed by atoms with Gasteiger partial charge in [-0.3, -0.25) is 5.32 Å². The van der Waals surface area contributed by atoms with Gasteiger partial charge in [0, 0.05) is 6.54 Å². The molecule has 1 unspecified atom stereocenters. The molecule has 90 valence electrons. The molecule has 0 saturated heterocycles. The number of nitrogens with one attached hydrogen (secondary N) is 2. The molecule has 0 aliphatic carbocycles. The van der Waals surface area contributed by atoms with Gasteiger partial charge in [-0.15, -0.1) is 10.2 Å². The third-order valence-electron chi connectivity index (χ3n) is 1.84. The first kappa shape index (κ1) is 12.9. The van der Waals surface area contributed by atoms with Crippen LogP contribution in [0.5, 0.6) is 0 Å². The van der Waals surface area contributed by atoms with Crippen molar-refractivity contribution in [2.75, 3.05) is 11.9 Å². The second kappa shape index (κ2) is 6.39. The van der Waals surface area contributed by atoms with E-state index in [0.717, 1.165) is 11.4 Å². The SMILES string of the molecule is CCc1nnc(NC(=O)NCCC(C)O)s1. The Bertz CT molecular complexity index is 340. The van der Waals surface area contributed by atoms with E-state index in [2.05, 4.69) is 20.8 Å². The van der Waals surface area contributed by atoms with Crippen molar-refractivity contribution in [3.63, 3.8) is 0 Å². The van der Waals surface area contributed by atoms with E-state index in [-0.39, 0.29) is 6.03 Å². The summed E-state index contributed by atoms with van der Waals surface area (Å²) >= 11 is 1.36. The molecule has 0 spiro atoms. The topological polar surface area (TPSA) is 87.1 Å². The summed E-state index contributed by atoms with van der Waals surface area (Å²) in [5, 5.41) is 23.3. The average molecular weight is 244 g/mol. The van der Waals surface area contributed by atoms with Gasteiger partial charge in [-0.1, -0.05) is 18.3 Å². The maximum atomic E-state index is 11.3. The minimum Gasteiger partial charge on any atom is -0.393 e. The number of aliphatic hydroxyl groups excluding tert-OH is 1. The Hall–Kier alpha value is -1.21. The number of aromatic nitrogens is 2. The summed E-state index contributed by atoms with van der Waals surface area (Å²) in [6, 6.07) is -0.320. The fraction of sp³-hybridized carbons (Fsp3) is 0.667. The second-order valence-electron chi connectivity index (χ2n) is 3.37. The Morgan fingerprint density at radius 1 is 1.56 bits per heavy atom. The number of hydrogen-bond acceptors (Lipinski definition) is 5. The van der Waals surface area contributed by atoms with Crippen LogP contribution in [0.1, 0.15) is 25.3 Å². The van der Waals surface area contributed by atoms with Crippen LogP contribution in [0.15, 0.2) is 0 Å². The smallest absolute Gasteiger partial charge is 0.321 e. The summed E-state index contributed by atoms with van der Waals surface area (Å²) in [4.78, 5) is 11.3. The van der Waals surface area contributed by atoms with E-state index >= 15 is 0 Å². The van der Waals surface area contributed by atoms with Crippen molar-refractivity contribution in [2.24, 2.45) is 0 Å². The van der Waals surface area contributed by atoms with Crippen LogP contribution < -0.4 is 10.6 Å². The third kappa shape index (κ3) is 4.54.